The summed E-state index contributed by atoms with van der Waals surface area (Å²) in [5, 5.41) is 7.92. The van der Waals surface area contributed by atoms with Crippen molar-refractivity contribution in [1.29, 1.82) is 0 Å². The molecule has 0 aliphatic heterocycles. The van der Waals surface area contributed by atoms with E-state index in [4.69, 9.17) is 44.3 Å². The Labute approximate surface area is 211 Å². The van der Waals surface area contributed by atoms with Gasteiger partial charge in [-0.3, -0.25) is 9.59 Å². The van der Waals surface area contributed by atoms with Gasteiger partial charge in [0.15, 0.2) is 18.1 Å². The minimum absolute atomic E-state index is 0.245. The Hall–Kier alpha value is -3.26. The van der Waals surface area contributed by atoms with Crippen LogP contribution < -0.4 is 20.2 Å². The van der Waals surface area contributed by atoms with Gasteiger partial charge in [0.2, 0.25) is 0 Å². The summed E-state index contributed by atoms with van der Waals surface area (Å²) < 4.78 is 11.2. The quantitative estimate of drug-likeness (QED) is 0.274. The Bertz CT molecular complexity index is 1200. The maximum Gasteiger partial charge on any atom is 0.271 e. The molecule has 0 bridgehead atoms. The van der Waals surface area contributed by atoms with E-state index in [2.05, 4.69) is 15.8 Å². The number of benzene rings is 3. The van der Waals surface area contributed by atoms with Gasteiger partial charge in [-0.15, -0.1) is 0 Å². The Morgan fingerprint density at radius 2 is 1.68 bits per heavy atom. The van der Waals surface area contributed by atoms with E-state index in [0.29, 0.717) is 50.0 Å². The number of hydrazone groups is 1. The minimum atomic E-state index is -0.378. The van der Waals surface area contributed by atoms with Gasteiger partial charge in [-0.1, -0.05) is 34.8 Å². The van der Waals surface area contributed by atoms with Gasteiger partial charge in [-0.25, -0.2) is 5.43 Å². The molecule has 3 rings (SSSR count). The van der Waals surface area contributed by atoms with Crippen molar-refractivity contribution in [2.75, 3.05) is 18.5 Å². The lowest BCUT2D eigenvalue weighted by molar-refractivity contribution is -0.118. The van der Waals surface area contributed by atoms with Gasteiger partial charge >= 0.3 is 0 Å². The van der Waals surface area contributed by atoms with E-state index in [-0.39, 0.29) is 18.4 Å². The molecule has 2 amide bonds. The van der Waals surface area contributed by atoms with Gasteiger partial charge in [-0.2, -0.15) is 5.10 Å². The zero-order chi connectivity index (χ0) is 24.5. The number of carbonyl (C=O) groups is 2. The van der Waals surface area contributed by atoms with Gasteiger partial charge in [0.25, 0.3) is 11.8 Å². The van der Waals surface area contributed by atoms with E-state index in [0.717, 1.165) is 0 Å². The lowest BCUT2D eigenvalue weighted by atomic mass is 10.2. The largest absolute Gasteiger partial charge is 0.490 e. The van der Waals surface area contributed by atoms with Crippen LogP contribution in [0, 0.1) is 0 Å². The molecule has 0 radical (unpaired) electrons. The smallest absolute Gasteiger partial charge is 0.271 e. The van der Waals surface area contributed by atoms with Crippen molar-refractivity contribution < 1.29 is 19.1 Å². The minimum Gasteiger partial charge on any atom is -0.490 e. The zero-order valence-corrected chi connectivity index (χ0v) is 20.2. The van der Waals surface area contributed by atoms with E-state index >= 15 is 0 Å². The molecule has 0 unspecified atom stereocenters. The number of nitrogens with zero attached hydrogens (tertiary/aromatic N) is 1. The molecule has 7 nitrogen and oxygen atoms in total. The fourth-order valence-corrected chi connectivity index (χ4v) is 3.16. The number of halogens is 3. The molecule has 0 aliphatic rings. The highest BCUT2D eigenvalue weighted by Gasteiger charge is 2.10. The molecule has 0 aromatic heterocycles. The summed E-state index contributed by atoms with van der Waals surface area (Å²) in [6.07, 6.45) is 1.47. The van der Waals surface area contributed by atoms with Crippen LogP contribution in [0.2, 0.25) is 15.1 Å². The van der Waals surface area contributed by atoms with Crippen molar-refractivity contribution in [2.24, 2.45) is 5.10 Å². The second-order valence-electron chi connectivity index (χ2n) is 6.81. The molecule has 3 aromatic rings. The summed E-state index contributed by atoms with van der Waals surface area (Å²) in [5.41, 5.74) is 4.04. The normalized spacial score (nSPS) is 10.7. The molecule has 10 heteroatoms. The van der Waals surface area contributed by atoms with Gasteiger partial charge < -0.3 is 14.8 Å². The van der Waals surface area contributed by atoms with Gasteiger partial charge in [0, 0.05) is 16.3 Å². The van der Waals surface area contributed by atoms with Crippen molar-refractivity contribution in [3.05, 3.63) is 86.9 Å². The van der Waals surface area contributed by atoms with Gasteiger partial charge in [0.05, 0.1) is 22.9 Å². The third kappa shape index (κ3) is 7.38. The highest BCUT2D eigenvalue weighted by atomic mass is 35.5. The number of hydrogen-bond donors (Lipinski definition) is 2. The molecule has 176 valence electrons. The highest BCUT2D eigenvalue weighted by Crippen LogP contribution is 2.28. The van der Waals surface area contributed by atoms with Crippen molar-refractivity contribution >= 4 is 58.5 Å². The van der Waals surface area contributed by atoms with Crippen LogP contribution in [-0.4, -0.2) is 31.2 Å². The zero-order valence-electron chi connectivity index (χ0n) is 18.0. The molecular formula is C24H20Cl3N3O4. The summed E-state index contributed by atoms with van der Waals surface area (Å²) in [6, 6.07) is 16.3. The van der Waals surface area contributed by atoms with E-state index in [1.54, 1.807) is 60.7 Å². The number of anilines is 1. The second kappa shape index (κ2) is 12.3. The number of nitrogens with one attached hydrogen (secondary N) is 2. The molecular weight excluding hydrogens is 501 g/mol. The number of amides is 2. The third-order valence-corrected chi connectivity index (χ3v) is 5.31. The summed E-state index contributed by atoms with van der Waals surface area (Å²) in [4.78, 5) is 24.4. The highest BCUT2D eigenvalue weighted by molar-refractivity contribution is 6.42. The number of ether oxygens (including phenoxy) is 2. The fourth-order valence-electron chi connectivity index (χ4n) is 2.74. The van der Waals surface area contributed by atoms with Crippen molar-refractivity contribution in [3.63, 3.8) is 0 Å². The van der Waals surface area contributed by atoms with E-state index < -0.39 is 0 Å². The van der Waals surface area contributed by atoms with E-state index in [1.807, 2.05) is 6.92 Å². The average Bonchev–Trinajstić information content (AvgIpc) is 2.81. The molecule has 0 saturated heterocycles. The molecule has 0 fully saturated rings. The Morgan fingerprint density at radius 3 is 2.38 bits per heavy atom. The number of hydrogen-bond acceptors (Lipinski definition) is 5. The molecule has 2 N–H and O–H groups in total. The molecule has 34 heavy (non-hydrogen) atoms. The standard InChI is InChI=1S/C24H20Cl3N3O4/c1-2-33-22-11-15(13-28-30-24(32)16-4-6-17(25)7-5-16)3-10-21(22)34-14-23(31)29-18-8-9-19(26)20(27)12-18/h3-13H,2,14H2,1H3,(H,29,31)(H,30,32)/b28-13+. The number of rotatable bonds is 9. The van der Waals surface area contributed by atoms with E-state index in [1.165, 1.54) is 6.21 Å². The predicted octanol–water partition coefficient (Wildman–Crippen LogP) is 5.83. The van der Waals surface area contributed by atoms with Crippen LogP contribution in [0.1, 0.15) is 22.8 Å². The van der Waals surface area contributed by atoms with Crippen LogP contribution in [0.25, 0.3) is 0 Å². The van der Waals surface area contributed by atoms with Crippen LogP contribution in [0.3, 0.4) is 0 Å². The molecule has 0 heterocycles. The lowest BCUT2D eigenvalue weighted by Crippen LogP contribution is -2.20. The Balaban J connectivity index is 1.59. The first-order chi connectivity index (χ1) is 16.4. The van der Waals surface area contributed by atoms with Crippen molar-refractivity contribution in [2.45, 2.75) is 6.92 Å². The molecule has 3 aromatic carbocycles. The van der Waals surface area contributed by atoms with Crippen LogP contribution in [0.4, 0.5) is 5.69 Å². The Kier molecular flexibility index (Phi) is 9.16. The monoisotopic (exact) mass is 519 g/mol. The van der Waals surface area contributed by atoms with Crippen LogP contribution in [-0.2, 0) is 4.79 Å². The number of carbonyl (C=O) groups excluding carboxylic acids is 2. The molecule has 0 atom stereocenters. The first-order valence-electron chi connectivity index (χ1n) is 10.1. The van der Waals surface area contributed by atoms with E-state index in [9.17, 15) is 9.59 Å². The average molecular weight is 521 g/mol. The maximum atomic E-state index is 12.2. The van der Waals surface area contributed by atoms with Crippen LogP contribution >= 0.6 is 34.8 Å². The van der Waals surface area contributed by atoms with Gasteiger partial charge in [0.1, 0.15) is 0 Å². The summed E-state index contributed by atoms with van der Waals surface area (Å²) in [5.74, 6) is 0.0635. The molecule has 0 aliphatic carbocycles. The lowest BCUT2D eigenvalue weighted by Gasteiger charge is -2.13. The first-order valence-corrected chi connectivity index (χ1v) is 11.2. The second-order valence-corrected chi connectivity index (χ2v) is 8.06. The molecule has 0 spiro atoms. The SMILES string of the molecule is CCOc1cc(/C=N/NC(=O)c2ccc(Cl)cc2)ccc1OCC(=O)Nc1ccc(Cl)c(Cl)c1. The van der Waals surface area contributed by atoms with Crippen LogP contribution in [0.5, 0.6) is 11.5 Å². The van der Waals surface area contributed by atoms with Crippen molar-refractivity contribution in [1.82, 2.24) is 5.43 Å². The Morgan fingerprint density at radius 1 is 0.912 bits per heavy atom. The molecule has 0 saturated carbocycles. The van der Waals surface area contributed by atoms with Crippen LogP contribution in [0.15, 0.2) is 65.8 Å². The van der Waals surface area contributed by atoms with Gasteiger partial charge in [-0.05, 0) is 73.2 Å². The predicted molar refractivity (Wildman–Crippen MR) is 135 cm³/mol. The maximum absolute atomic E-state index is 12.2. The summed E-state index contributed by atoms with van der Waals surface area (Å²) >= 11 is 17.7. The topological polar surface area (TPSA) is 89.0 Å². The first kappa shape index (κ1) is 25.4. The summed E-state index contributed by atoms with van der Waals surface area (Å²) in [6.45, 7) is 1.97. The third-order valence-electron chi connectivity index (χ3n) is 4.32. The van der Waals surface area contributed by atoms with Crippen molar-refractivity contribution in [3.8, 4) is 11.5 Å². The summed E-state index contributed by atoms with van der Waals surface area (Å²) in [7, 11) is 0. The fraction of sp³-hybridized carbons (Fsp3) is 0.125.